The summed E-state index contributed by atoms with van der Waals surface area (Å²) < 4.78 is 22.5. The third-order valence-electron chi connectivity index (χ3n) is 6.54. The number of aromatic nitrogens is 1. The molecule has 2 aliphatic heterocycles. The molecule has 3 heterocycles. The number of aliphatic hydroxyl groups excluding tert-OH is 1. The molecule has 1 aromatic heterocycles. The Bertz CT molecular complexity index is 1020. The Hall–Kier alpha value is -2.88. The Kier molecular flexibility index (Phi) is 6.85. The highest BCUT2D eigenvalue weighted by Gasteiger charge is 2.29. The van der Waals surface area contributed by atoms with Gasteiger partial charge >= 0.3 is 0 Å². The van der Waals surface area contributed by atoms with Gasteiger partial charge in [-0.1, -0.05) is 6.07 Å². The summed E-state index contributed by atoms with van der Waals surface area (Å²) in [7, 11) is 1.56. The number of methoxy groups -OCH3 is 1. The highest BCUT2D eigenvalue weighted by atomic mass is 16.5. The molecule has 0 spiro atoms. The van der Waals surface area contributed by atoms with E-state index >= 15 is 0 Å². The number of hydrogen-bond acceptors (Lipinski definition) is 8. The summed E-state index contributed by atoms with van der Waals surface area (Å²) in [5, 5.41) is 10.8. The lowest BCUT2D eigenvalue weighted by molar-refractivity contribution is 0.0299. The zero-order chi connectivity index (χ0) is 23.5. The molecular formula is C25H31N3O6. The van der Waals surface area contributed by atoms with Crippen LogP contribution < -0.4 is 19.1 Å². The molecule has 1 aromatic carbocycles. The number of fused-ring (bicyclic) bond motifs is 1. The fourth-order valence-corrected chi connectivity index (χ4v) is 4.22. The molecule has 1 saturated heterocycles. The summed E-state index contributed by atoms with van der Waals surface area (Å²) in [6.45, 7) is 4.72. The molecule has 1 amide bonds. The number of hydrogen-bond donors (Lipinski definition) is 1. The van der Waals surface area contributed by atoms with Crippen molar-refractivity contribution in [3.05, 3.63) is 41.6 Å². The number of ether oxygens (including phenoxy) is 4. The number of aliphatic hydroxyl groups is 1. The van der Waals surface area contributed by atoms with E-state index in [-0.39, 0.29) is 12.6 Å². The van der Waals surface area contributed by atoms with Crippen molar-refractivity contribution < 1.29 is 28.8 Å². The molecule has 2 aromatic rings. The highest BCUT2D eigenvalue weighted by Crippen LogP contribution is 2.35. The van der Waals surface area contributed by atoms with Crippen LogP contribution in [0.15, 0.2) is 30.5 Å². The SMILES string of the molecule is COc1cc(N2COc3cc(OCC4CC4)ncc3C2=O)ccc1C(O)CCN1CCOCC1. The van der Waals surface area contributed by atoms with Crippen LogP contribution in [0, 0.1) is 5.92 Å². The molecular weight excluding hydrogens is 438 g/mol. The van der Waals surface area contributed by atoms with Crippen molar-refractivity contribution in [3.8, 4) is 17.4 Å². The van der Waals surface area contributed by atoms with Crippen LogP contribution in [0.5, 0.6) is 17.4 Å². The molecule has 1 unspecified atom stereocenters. The van der Waals surface area contributed by atoms with Crippen molar-refractivity contribution in [2.24, 2.45) is 5.92 Å². The molecule has 5 rings (SSSR count). The molecule has 0 bridgehead atoms. The summed E-state index contributed by atoms with van der Waals surface area (Å²) >= 11 is 0. The van der Waals surface area contributed by atoms with E-state index in [4.69, 9.17) is 18.9 Å². The minimum atomic E-state index is -0.667. The number of rotatable bonds is 9. The Balaban J connectivity index is 1.26. The van der Waals surface area contributed by atoms with Crippen molar-refractivity contribution in [3.63, 3.8) is 0 Å². The summed E-state index contributed by atoms with van der Waals surface area (Å²) in [6.07, 6.45) is 3.82. The van der Waals surface area contributed by atoms with Gasteiger partial charge in [0.05, 0.1) is 38.7 Å². The Morgan fingerprint density at radius 2 is 2.06 bits per heavy atom. The lowest BCUT2D eigenvalue weighted by Gasteiger charge is -2.30. The standard InChI is InChI=1S/C25H31N3O6/c1-31-22-12-18(4-5-19(22)21(29)6-7-27-8-10-32-11-9-27)28-16-34-23-13-24(33-15-17-2-3-17)26-14-20(23)25(28)30/h4-5,12-14,17,21,29H,2-3,6-11,15-16H2,1H3. The number of nitrogens with zero attached hydrogens (tertiary/aromatic N) is 3. The number of morpholine rings is 1. The van der Waals surface area contributed by atoms with Gasteiger partial charge in [0.2, 0.25) is 5.88 Å². The highest BCUT2D eigenvalue weighted by molar-refractivity contribution is 6.08. The van der Waals surface area contributed by atoms with E-state index in [1.54, 1.807) is 19.2 Å². The average molecular weight is 470 g/mol. The first-order valence-electron chi connectivity index (χ1n) is 11.9. The van der Waals surface area contributed by atoms with Crippen molar-refractivity contribution >= 4 is 11.6 Å². The molecule has 3 aliphatic rings. The Morgan fingerprint density at radius 1 is 1.24 bits per heavy atom. The van der Waals surface area contributed by atoms with Gasteiger partial charge in [-0.3, -0.25) is 14.6 Å². The van der Waals surface area contributed by atoms with E-state index in [1.807, 2.05) is 12.1 Å². The van der Waals surface area contributed by atoms with Crippen LogP contribution in [0.3, 0.4) is 0 Å². The number of carbonyl (C=O) groups excluding carboxylic acids is 1. The average Bonchev–Trinajstić information content (AvgIpc) is 3.71. The lowest BCUT2D eigenvalue weighted by Crippen LogP contribution is -2.38. The van der Waals surface area contributed by atoms with Gasteiger partial charge in [-0.15, -0.1) is 0 Å². The summed E-state index contributed by atoms with van der Waals surface area (Å²) in [6, 6.07) is 7.07. The van der Waals surface area contributed by atoms with Gasteiger partial charge in [0.25, 0.3) is 5.91 Å². The van der Waals surface area contributed by atoms with Gasteiger partial charge < -0.3 is 24.1 Å². The first kappa shape index (κ1) is 22.9. The number of anilines is 1. The third kappa shape index (κ3) is 5.11. The van der Waals surface area contributed by atoms with E-state index in [1.165, 1.54) is 23.9 Å². The zero-order valence-electron chi connectivity index (χ0n) is 19.4. The summed E-state index contributed by atoms with van der Waals surface area (Å²) in [5.74, 6) is 1.90. The van der Waals surface area contributed by atoms with Crippen LogP contribution in [-0.2, 0) is 4.74 Å². The predicted octanol–water partition coefficient (Wildman–Crippen LogP) is 2.63. The van der Waals surface area contributed by atoms with Crippen molar-refractivity contribution in [1.82, 2.24) is 9.88 Å². The Labute approximate surface area is 199 Å². The van der Waals surface area contributed by atoms with Gasteiger partial charge in [0.1, 0.15) is 17.1 Å². The molecule has 182 valence electrons. The molecule has 1 aliphatic carbocycles. The quantitative estimate of drug-likeness (QED) is 0.599. The predicted molar refractivity (Wildman–Crippen MR) is 125 cm³/mol. The monoisotopic (exact) mass is 469 g/mol. The van der Waals surface area contributed by atoms with Gasteiger partial charge in [-0.25, -0.2) is 4.98 Å². The Morgan fingerprint density at radius 3 is 2.82 bits per heavy atom. The second-order valence-corrected chi connectivity index (χ2v) is 8.96. The normalized spacial score (nSPS) is 19.4. The molecule has 1 atom stereocenters. The fourth-order valence-electron chi connectivity index (χ4n) is 4.22. The molecule has 9 nitrogen and oxygen atoms in total. The smallest absolute Gasteiger partial charge is 0.266 e. The number of benzene rings is 1. The molecule has 1 saturated carbocycles. The maximum absolute atomic E-state index is 13.2. The molecule has 9 heteroatoms. The van der Waals surface area contributed by atoms with Gasteiger partial charge in [-0.2, -0.15) is 0 Å². The lowest BCUT2D eigenvalue weighted by atomic mass is 10.0. The maximum atomic E-state index is 13.2. The first-order valence-corrected chi connectivity index (χ1v) is 11.9. The van der Waals surface area contributed by atoms with Crippen molar-refractivity contribution in [2.45, 2.75) is 25.4 Å². The van der Waals surface area contributed by atoms with Gasteiger partial charge in [0.15, 0.2) is 6.73 Å². The maximum Gasteiger partial charge on any atom is 0.266 e. The van der Waals surface area contributed by atoms with Crippen LogP contribution in [0.25, 0.3) is 0 Å². The van der Waals surface area contributed by atoms with E-state index in [0.29, 0.717) is 53.1 Å². The van der Waals surface area contributed by atoms with E-state index in [0.717, 1.165) is 32.8 Å². The largest absolute Gasteiger partial charge is 0.496 e. The second-order valence-electron chi connectivity index (χ2n) is 8.96. The van der Waals surface area contributed by atoms with Crippen LogP contribution in [0.4, 0.5) is 5.69 Å². The van der Waals surface area contributed by atoms with Gasteiger partial charge in [0, 0.05) is 43.5 Å². The van der Waals surface area contributed by atoms with Crippen LogP contribution in [0.1, 0.15) is 41.3 Å². The minimum absolute atomic E-state index is 0.0694. The first-order chi connectivity index (χ1) is 16.6. The molecule has 1 N–H and O–H groups in total. The minimum Gasteiger partial charge on any atom is -0.496 e. The third-order valence-corrected chi connectivity index (χ3v) is 6.54. The van der Waals surface area contributed by atoms with E-state index in [2.05, 4.69) is 9.88 Å². The van der Waals surface area contributed by atoms with E-state index in [9.17, 15) is 9.90 Å². The van der Waals surface area contributed by atoms with Gasteiger partial charge in [-0.05, 0) is 31.2 Å². The van der Waals surface area contributed by atoms with Crippen molar-refractivity contribution in [2.75, 3.05) is 58.2 Å². The van der Waals surface area contributed by atoms with Crippen LogP contribution in [-0.4, -0.2) is 74.2 Å². The zero-order valence-corrected chi connectivity index (χ0v) is 19.4. The fraction of sp³-hybridized carbons (Fsp3) is 0.520. The molecule has 0 radical (unpaired) electrons. The van der Waals surface area contributed by atoms with E-state index < -0.39 is 6.10 Å². The molecule has 34 heavy (non-hydrogen) atoms. The summed E-state index contributed by atoms with van der Waals surface area (Å²) in [5.41, 5.74) is 1.72. The summed E-state index contributed by atoms with van der Waals surface area (Å²) in [4.78, 5) is 21.3. The molecule has 2 fully saturated rings. The number of carbonyl (C=O) groups is 1. The van der Waals surface area contributed by atoms with Crippen LogP contribution >= 0.6 is 0 Å². The number of amides is 1. The van der Waals surface area contributed by atoms with Crippen LogP contribution in [0.2, 0.25) is 0 Å². The van der Waals surface area contributed by atoms with Crippen molar-refractivity contribution in [1.29, 1.82) is 0 Å². The number of pyridine rings is 1. The topological polar surface area (TPSA) is 93.6 Å². The second kappa shape index (κ2) is 10.2.